The van der Waals surface area contributed by atoms with Gasteiger partial charge in [-0.1, -0.05) is 0 Å². The third-order valence-electron chi connectivity index (χ3n) is 1.58. The molecule has 0 fully saturated rings. The van der Waals surface area contributed by atoms with Crippen LogP contribution >= 0.6 is 0 Å². The summed E-state index contributed by atoms with van der Waals surface area (Å²) >= 11 is 0. The molecule has 3 N–H and O–H groups in total. The molecular weight excluding hydrogens is 152 g/mol. The van der Waals surface area contributed by atoms with Crippen molar-refractivity contribution in [3.63, 3.8) is 0 Å². The zero-order chi connectivity index (χ0) is 8.81. The van der Waals surface area contributed by atoms with E-state index in [0.717, 1.165) is 25.2 Å². The van der Waals surface area contributed by atoms with Crippen LogP contribution in [0.2, 0.25) is 0 Å². The number of rotatable bonds is 1. The zero-order valence-corrected chi connectivity index (χ0v) is 6.88. The molecule has 1 rings (SSSR count). The molecule has 1 heterocycles. The summed E-state index contributed by atoms with van der Waals surface area (Å²) in [5, 5.41) is 11.6. The number of nitrogens with two attached hydrogens (primary N) is 1. The van der Waals surface area contributed by atoms with Gasteiger partial charge in [0.15, 0.2) is 0 Å². The molecule has 0 spiro atoms. The Hall–Kier alpha value is -1.34. The number of allylic oxidation sites excluding steroid dienone is 1. The van der Waals surface area contributed by atoms with Crippen LogP contribution in [0.25, 0.3) is 0 Å². The molecular formula is C8H12N4. The van der Waals surface area contributed by atoms with Crippen LogP contribution < -0.4 is 11.1 Å². The van der Waals surface area contributed by atoms with Crippen molar-refractivity contribution in [2.75, 3.05) is 19.6 Å². The minimum atomic E-state index is 0.220. The van der Waals surface area contributed by atoms with Crippen LogP contribution in [0, 0.1) is 11.3 Å². The van der Waals surface area contributed by atoms with E-state index in [4.69, 9.17) is 11.0 Å². The van der Waals surface area contributed by atoms with Crippen molar-refractivity contribution in [3.05, 3.63) is 11.8 Å². The van der Waals surface area contributed by atoms with Gasteiger partial charge in [-0.15, -0.1) is 0 Å². The number of hydrogen-bond donors (Lipinski definition) is 2. The maximum absolute atomic E-state index is 8.42. The molecule has 0 bridgehead atoms. The van der Waals surface area contributed by atoms with Crippen LogP contribution in [0.15, 0.2) is 16.8 Å². The summed E-state index contributed by atoms with van der Waals surface area (Å²) in [4.78, 5) is 4.26. The third kappa shape index (κ3) is 2.72. The van der Waals surface area contributed by atoms with Crippen LogP contribution in [0.1, 0.15) is 6.42 Å². The average Bonchev–Trinajstić information content (AvgIpc) is 2.33. The number of nitrogens with zero attached hydrogens (tertiary/aromatic N) is 2. The van der Waals surface area contributed by atoms with E-state index in [1.165, 1.54) is 0 Å². The number of hydrogen-bond acceptors (Lipinski definition) is 4. The predicted octanol–water partition coefficient (Wildman–Crippen LogP) is -0.213. The van der Waals surface area contributed by atoms with Crippen molar-refractivity contribution in [2.45, 2.75) is 6.42 Å². The highest BCUT2D eigenvalue weighted by Crippen LogP contribution is 1.92. The van der Waals surface area contributed by atoms with Gasteiger partial charge in [-0.3, -0.25) is 4.99 Å². The fourth-order valence-corrected chi connectivity index (χ4v) is 1.01. The first-order chi connectivity index (χ1) is 5.83. The molecule has 0 aromatic rings. The van der Waals surface area contributed by atoms with E-state index in [1.54, 1.807) is 6.08 Å². The summed E-state index contributed by atoms with van der Waals surface area (Å²) in [6.07, 6.45) is 2.67. The molecule has 12 heavy (non-hydrogen) atoms. The van der Waals surface area contributed by atoms with Gasteiger partial charge in [-0.2, -0.15) is 5.26 Å². The highest BCUT2D eigenvalue weighted by molar-refractivity contribution is 5.97. The van der Waals surface area contributed by atoms with Crippen molar-refractivity contribution < 1.29 is 0 Å². The van der Waals surface area contributed by atoms with Crippen molar-refractivity contribution in [3.8, 4) is 6.07 Å². The first-order valence-corrected chi connectivity index (χ1v) is 3.94. The molecule has 0 amide bonds. The van der Waals surface area contributed by atoms with Gasteiger partial charge in [-0.25, -0.2) is 0 Å². The van der Waals surface area contributed by atoms with E-state index in [0.29, 0.717) is 6.54 Å². The Bertz CT molecular complexity index is 246. The van der Waals surface area contributed by atoms with Crippen LogP contribution in [-0.2, 0) is 0 Å². The van der Waals surface area contributed by atoms with Gasteiger partial charge in [0, 0.05) is 13.1 Å². The van der Waals surface area contributed by atoms with Gasteiger partial charge in [0.1, 0.15) is 11.8 Å². The largest absolute Gasteiger partial charge is 0.390 e. The SMILES string of the molecule is N#C/C(N)=C/C1=NCCCNC1. The Kier molecular flexibility index (Phi) is 3.30. The lowest BCUT2D eigenvalue weighted by atomic mass is 10.3. The Morgan fingerprint density at radius 2 is 2.58 bits per heavy atom. The first kappa shape index (κ1) is 8.75. The molecule has 1 aliphatic heterocycles. The van der Waals surface area contributed by atoms with E-state index in [9.17, 15) is 0 Å². The molecule has 0 aliphatic carbocycles. The molecule has 0 atom stereocenters. The van der Waals surface area contributed by atoms with Crippen LogP contribution in [0.3, 0.4) is 0 Å². The third-order valence-corrected chi connectivity index (χ3v) is 1.58. The van der Waals surface area contributed by atoms with E-state index >= 15 is 0 Å². The lowest BCUT2D eigenvalue weighted by molar-refractivity contribution is 0.735. The maximum Gasteiger partial charge on any atom is 0.117 e. The van der Waals surface area contributed by atoms with E-state index in [2.05, 4.69) is 10.3 Å². The summed E-state index contributed by atoms with van der Waals surface area (Å²) in [6.45, 7) is 2.51. The summed E-state index contributed by atoms with van der Waals surface area (Å²) < 4.78 is 0. The van der Waals surface area contributed by atoms with Crippen molar-refractivity contribution in [2.24, 2.45) is 10.7 Å². The molecule has 0 radical (unpaired) electrons. The second kappa shape index (κ2) is 4.52. The van der Waals surface area contributed by atoms with Gasteiger partial charge in [0.25, 0.3) is 0 Å². The minimum Gasteiger partial charge on any atom is -0.390 e. The van der Waals surface area contributed by atoms with E-state index in [1.807, 2.05) is 6.07 Å². The van der Waals surface area contributed by atoms with Crippen LogP contribution in [0.5, 0.6) is 0 Å². The minimum absolute atomic E-state index is 0.220. The molecule has 0 aromatic carbocycles. The Morgan fingerprint density at radius 1 is 1.75 bits per heavy atom. The quantitative estimate of drug-likeness (QED) is 0.526. The molecule has 0 saturated carbocycles. The summed E-state index contributed by atoms with van der Waals surface area (Å²) in [5.41, 5.74) is 6.43. The molecule has 64 valence electrons. The molecule has 0 unspecified atom stereocenters. The highest BCUT2D eigenvalue weighted by atomic mass is 14.9. The zero-order valence-electron chi connectivity index (χ0n) is 6.88. The number of nitrogens with one attached hydrogen (secondary N) is 1. The van der Waals surface area contributed by atoms with Gasteiger partial charge in [0.2, 0.25) is 0 Å². The average molecular weight is 164 g/mol. The lowest BCUT2D eigenvalue weighted by Gasteiger charge is -1.97. The lowest BCUT2D eigenvalue weighted by Crippen LogP contribution is -2.21. The summed E-state index contributed by atoms with van der Waals surface area (Å²) in [5.74, 6) is 0. The monoisotopic (exact) mass is 164 g/mol. The van der Waals surface area contributed by atoms with Gasteiger partial charge >= 0.3 is 0 Å². The standard InChI is InChI=1S/C8H12N4/c9-5-7(10)4-8-6-11-2-1-3-12-8/h4,11H,1-3,6,10H2/b7-4-. The normalized spacial score (nSPS) is 19.2. The van der Waals surface area contributed by atoms with Crippen molar-refractivity contribution in [1.29, 1.82) is 5.26 Å². The van der Waals surface area contributed by atoms with Gasteiger partial charge < -0.3 is 11.1 Å². The Balaban J connectivity index is 2.61. The van der Waals surface area contributed by atoms with Crippen LogP contribution in [-0.4, -0.2) is 25.3 Å². The first-order valence-electron chi connectivity index (χ1n) is 3.94. The molecule has 4 heteroatoms. The second-order valence-corrected chi connectivity index (χ2v) is 2.61. The van der Waals surface area contributed by atoms with Crippen LogP contribution in [0.4, 0.5) is 0 Å². The fraction of sp³-hybridized carbons (Fsp3) is 0.500. The number of aliphatic imine (C=N–C) groups is 1. The Labute approximate surface area is 71.8 Å². The van der Waals surface area contributed by atoms with Crippen molar-refractivity contribution in [1.82, 2.24) is 5.32 Å². The number of nitriles is 1. The highest BCUT2D eigenvalue weighted by Gasteiger charge is 2.00. The topological polar surface area (TPSA) is 74.2 Å². The van der Waals surface area contributed by atoms with Crippen molar-refractivity contribution >= 4 is 5.71 Å². The summed E-state index contributed by atoms with van der Waals surface area (Å²) in [7, 11) is 0. The summed E-state index contributed by atoms with van der Waals surface area (Å²) in [6, 6.07) is 1.86. The van der Waals surface area contributed by atoms with E-state index in [-0.39, 0.29) is 5.70 Å². The van der Waals surface area contributed by atoms with Gasteiger partial charge in [0.05, 0.1) is 5.71 Å². The molecule has 0 saturated heterocycles. The maximum atomic E-state index is 8.42. The molecule has 4 nitrogen and oxygen atoms in total. The Morgan fingerprint density at radius 3 is 3.33 bits per heavy atom. The van der Waals surface area contributed by atoms with E-state index < -0.39 is 0 Å². The smallest absolute Gasteiger partial charge is 0.117 e. The molecule has 1 aliphatic rings. The molecule has 0 aromatic heterocycles. The predicted molar refractivity (Wildman–Crippen MR) is 47.7 cm³/mol. The second-order valence-electron chi connectivity index (χ2n) is 2.61. The van der Waals surface area contributed by atoms with Gasteiger partial charge in [-0.05, 0) is 19.0 Å². The fourth-order valence-electron chi connectivity index (χ4n) is 1.01.